The summed E-state index contributed by atoms with van der Waals surface area (Å²) in [5.41, 5.74) is 2.57. The van der Waals surface area contributed by atoms with Crippen LogP contribution in [0, 0.1) is 6.92 Å². The van der Waals surface area contributed by atoms with Gasteiger partial charge in [0.25, 0.3) is 0 Å². The highest BCUT2D eigenvalue weighted by atomic mass is 35.5. The average molecular weight is 300 g/mol. The molecule has 0 amide bonds. The Balaban J connectivity index is 2.30. The maximum atomic E-state index is 12.5. The van der Waals surface area contributed by atoms with E-state index in [-0.39, 0.29) is 0 Å². The maximum absolute atomic E-state index is 12.5. The van der Waals surface area contributed by atoms with E-state index < -0.39 is 11.7 Å². The van der Waals surface area contributed by atoms with E-state index in [1.165, 1.54) is 12.1 Å². The van der Waals surface area contributed by atoms with Crippen molar-refractivity contribution in [3.05, 3.63) is 53.2 Å². The third kappa shape index (κ3) is 3.31. The second-order valence-electron chi connectivity index (χ2n) is 4.46. The third-order valence-electron chi connectivity index (χ3n) is 3.07. The summed E-state index contributed by atoms with van der Waals surface area (Å²) in [6, 6.07) is 8.73. The van der Waals surface area contributed by atoms with Gasteiger partial charge in [-0.3, -0.25) is 4.98 Å². The van der Waals surface area contributed by atoms with Crippen molar-refractivity contribution in [1.29, 1.82) is 0 Å². The molecule has 2 rings (SSSR count). The second-order valence-corrected chi connectivity index (χ2v) is 4.83. The summed E-state index contributed by atoms with van der Waals surface area (Å²) in [7, 11) is 0. The fraction of sp³-hybridized carbons (Fsp3) is 0.267. The van der Waals surface area contributed by atoms with Crippen LogP contribution in [0.3, 0.4) is 0 Å². The lowest BCUT2D eigenvalue weighted by Gasteiger charge is -2.09. The summed E-state index contributed by atoms with van der Waals surface area (Å²) in [6.07, 6.45) is -3.58. The molecule has 0 radical (unpaired) electrons. The number of nitrogens with zero attached hydrogens (tertiary/aromatic N) is 1. The molecule has 1 aromatic carbocycles. The van der Waals surface area contributed by atoms with Crippen molar-refractivity contribution in [2.24, 2.45) is 0 Å². The molecule has 0 spiro atoms. The van der Waals surface area contributed by atoms with Gasteiger partial charge in [0.2, 0.25) is 0 Å². The monoisotopic (exact) mass is 299 g/mol. The molecule has 0 aliphatic heterocycles. The minimum Gasteiger partial charge on any atom is -0.253 e. The Kier molecular flexibility index (Phi) is 4.33. The summed E-state index contributed by atoms with van der Waals surface area (Å²) < 4.78 is 37.5. The number of benzene rings is 1. The van der Waals surface area contributed by atoms with Gasteiger partial charge in [-0.15, -0.1) is 11.6 Å². The summed E-state index contributed by atoms with van der Waals surface area (Å²) in [4.78, 5) is 4.41. The zero-order valence-electron chi connectivity index (χ0n) is 10.8. The zero-order chi connectivity index (χ0) is 14.8. The molecule has 1 heterocycles. The van der Waals surface area contributed by atoms with Crippen molar-refractivity contribution >= 4 is 11.6 Å². The Labute approximate surface area is 120 Å². The fourth-order valence-corrected chi connectivity index (χ4v) is 2.15. The number of rotatable bonds is 3. The third-order valence-corrected chi connectivity index (χ3v) is 3.26. The molecule has 0 unspecified atom stereocenters. The molecule has 0 aliphatic carbocycles. The summed E-state index contributed by atoms with van der Waals surface area (Å²) in [6.45, 7) is 1.87. The Morgan fingerprint density at radius 3 is 2.20 bits per heavy atom. The van der Waals surface area contributed by atoms with Crippen LogP contribution in [0.5, 0.6) is 0 Å². The molecule has 1 nitrogen and oxygen atoms in total. The van der Waals surface area contributed by atoms with Crippen LogP contribution in [0.2, 0.25) is 0 Å². The predicted molar refractivity (Wildman–Crippen MR) is 73.8 cm³/mol. The second kappa shape index (κ2) is 5.83. The normalized spacial score (nSPS) is 11.7. The van der Waals surface area contributed by atoms with Crippen molar-refractivity contribution in [3.8, 4) is 11.3 Å². The lowest BCUT2D eigenvalue weighted by atomic mass is 10.1. The quantitative estimate of drug-likeness (QED) is 0.738. The minimum atomic E-state index is -4.31. The van der Waals surface area contributed by atoms with Gasteiger partial charge >= 0.3 is 6.18 Å². The number of aromatic nitrogens is 1. The van der Waals surface area contributed by atoms with E-state index in [1.54, 1.807) is 6.07 Å². The van der Waals surface area contributed by atoms with E-state index >= 15 is 0 Å². The molecule has 0 atom stereocenters. The summed E-state index contributed by atoms with van der Waals surface area (Å²) in [5, 5.41) is 0. The predicted octanol–water partition coefficient (Wildman–Crippen LogP) is 4.86. The molecule has 0 saturated carbocycles. The highest BCUT2D eigenvalue weighted by Crippen LogP contribution is 2.30. The first-order chi connectivity index (χ1) is 9.41. The van der Waals surface area contributed by atoms with Crippen molar-refractivity contribution in [2.75, 3.05) is 5.88 Å². The van der Waals surface area contributed by atoms with E-state index in [1.807, 2.05) is 13.0 Å². The molecule has 0 fully saturated rings. The first kappa shape index (κ1) is 14.9. The standard InChI is InChI=1S/C15H13ClF3N/c1-10-11(8-9-16)4-7-14(20-10)12-2-5-13(6-3-12)15(17,18)19/h2-7H,8-9H2,1H3. The molecule has 0 aliphatic rings. The number of hydrogen-bond donors (Lipinski definition) is 0. The van der Waals surface area contributed by atoms with Gasteiger partial charge in [0.15, 0.2) is 0 Å². The maximum Gasteiger partial charge on any atom is 0.416 e. The van der Waals surface area contributed by atoms with Crippen LogP contribution in [-0.2, 0) is 12.6 Å². The molecule has 2 aromatic rings. The van der Waals surface area contributed by atoms with Crippen molar-refractivity contribution in [2.45, 2.75) is 19.5 Å². The summed E-state index contributed by atoms with van der Waals surface area (Å²) in [5.74, 6) is 0.516. The van der Waals surface area contributed by atoms with Gasteiger partial charge in [-0.25, -0.2) is 0 Å². The van der Waals surface area contributed by atoms with Crippen molar-refractivity contribution < 1.29 is 13.2 Å². The minimum absolute atomic E-state index is 0.516. The lowest BCUT2D eigenvalue weighted by molar-refractivity contribution is -0.137. The number of halogens is 4. The molecule has 5 heteroatoms. The van der Waals surface area contributed by atoms with Crippen molar-refractivity contribution in [1.82, 2.24) is 4.98 Å². The molecule has 20 heavy (non-hydrogen) atoms. The largest absolute Gasteiger partial charge is 0.416 e. The molecule has 1 aromatic heterocycles. The zero-order valence-corrected chi connectivity index (χ0v) is 11.6. The Hall–Kier alpha value is -1.55. The molecular weight excluding hydrogens is 287 g/mol. The Bertz CT molecular complexity index is 591. The smallest absolute Gasteiger partial charge is 0.253 e. The van der Waals surface area contributed by atoms with Gasteiger partial charge in [0.05, 0.1) is 11.3 Å². The highest BCUT2D eigenvalue weighted by Gasteiger charge is 2.29. The van der Waals surface area contributed by atoms with Crippen LogP contribution in [0.1, 0.15) is 16.8 Å². The van der Waals surface area contributed by atoms with Crippen LogP contribution in [-0.4, -0.2) is 10.9 Å². The van der Waals surface area contributed by atoms with Gasteiger partial charge in [-0.05, 0) is 37.1 Å². The van der Waals surface area contributed by atoms with Crippen LogP contribution >= 0.6 is 11.6 Å². The first-order valence-corrected chi connectivity index (χ1v) is 6.65. The van der Waals surface area contributed by atoms with Gasteiger partial charge in [-0.2, -0.15) is 13.2 Å². The topological polar surface area (TPSA) is 12.9 Å². The lowest BCUT2D eigenvalue weighted by Crippen LogP contribution is -2.04. The number of alkyl halides is 4. The first-order valence-electron chi connectivity index (χ1n) is 6.12. The molecule has 0 saturated heterocycles. The van der Waals surface area contributed by atoms with E-state index in [0.29, 0.717) is 17.1 Å². The molecular formula is C15H13ClF3N. The van der Waals surface area contributed by atoms with Gasteiger partial charge in [-0.1, -0.05) is 18.2 Å². The molecule has 0 bridgehead atoms. The van der Waals surface area contributed by atoms with Gasteiger partial charge < -0.3 is 0 Å². The van der Waals surface area contributed by atoms with Crippen LogP contribution in [0.4, 0.5) is 13.2 Å². The van der Waals surface area contributed by atoms with Crippen LogP contribution in [0.25, 0.3) is 11.3 Å². The highest BCUT2D eigenvalue weighted by molar-refractivity contribution is 6.18. The Morgan fingerprint density at radius 1 is 1.05 bits per heavy atom. The Morgan fingerprint density at radius 2 is 1.70 bits per heavy atom. The van der Waals surface area contributed by atoms with E-state index in [2.05, 4.69) is 4.98 Å². The van der Waals surface area contributed by atoms with Crippen LogP contribution in [0.15, 0.2) is 36.4 Å². The summed E-state index contributed by atoms with van der Waals surface area (Å²) >= 11 is 5.69. The number of hydrogen-bond acceptors (Lipinski definition) is 1. The van der Waals surface area contributed by atoms with E-state index in [9.17, 15) is 13.2 Å². The average Bonchev–Trinajstić information content (AvgIpc) is 2.40. The van der Waals surface area contributed by atoms with E-state index in [4.69, 9.17) is 11.6 Å². The number of pyridine rings is 1. The molecule has 106 valence electrons. The van der Waals surface area contributed by atoms with Gasteiger partial charge in [0.1, 0.15) is 0 Å². The fourth-order valence-electron chi connectivity index (χ4n) is 1.95. The molecule has 0 N–H and O–H groups in total. The van der Waals surface area contributed by atoms with Crippen LogP contribution < -0.4 is 0 Å². The van der Waals surface area contributed by atoms with Crippen molar-refractivity contribution in [3.63, 3.8) is 0 Å². The van der Waals surface area contributed by atoms with E-state index in [0.717, 1.165) is 29.8 Å². The number of aryl methyl sites for hydroxylation is 2. The SMILES string of the molecule is Cc1nc(-c2ccc(C(F)(F)F)cc2)ccc1CCCl. The van der Waals surface area contributed by atoms with Gasteiger partial charge in [0, 0.05) is 17.1 Å².